The van der Waals surface area contributed by atoms with Crippen LogP contribution in [0.25, 0.3) is 10.6 Å². The molecule has 0 saturated carbocycles. The van der Waals surface area contributed by atoms with Crippen LogP contribution in [0.3, 0.4) is 0 Å². The minimum absolute atomic E-state index is 0. The Hall–Kier alpha value is -0.850. The lowest BCUT2D eigenvalue weighted by molar-refractivity contribution is -0.129. The summed E-state index contributed by atoms with van der Waals surface area (Å²) in [6.07, 6.45) is 1.21. The van der Waals surface area contributed by atoms with E-state index in [1.807, 2.05) is 34.5 Å². The van der Waals surface area contributed by atoms with Crippen molar-refractivity contribution in [2.75, 3.05) is 13.1 Å². The monoisotopic (exact) mass is 393 g/mol. The van der Waals surface area contributed by atoms with E-state index in [1.165, 1.54) is 11.3 Å². The Labute approximate surface area is 156 Å². The lowest BCUT2D eigenvalue weighted by Crippen LogP contribution is -2.32. The predicted octanol–water partition coefficient (Wildman–Crippen LogP) is 3.41. The van der Waals surface area contributed by atoms with Gasteiger partial charge in [-0.1, -0.05) is 29.8 Å². The van der Waals surface area contributed by atoms with Gasteiger partial charge in [-0.15, -0.1) is 36.2 Å². The summed E-state index contributed by atoms with van der Waals surface area (Å²) in [7, 11) is 0. The zero-order valence-corrected chi connectivity index (χ0v) is 15.5. The average Bonchev–Trinajstić information content (AvgIpc) is 3.08. The predicted molar refractivity (Wildman–Crippen MR) is 99.9 cm³/mol. The van der Waals surface area contributed by atoms with Gasteiger partial charge in [0.1, 0.15) is 5.01 Å². The molecule has 2 N–H and O–H groups in total. The molecule has 3 rings (SSSR count). The maximum absolute atomic E-state index is 12.2. The first kappa shape index (κ1) is 20.2. The van der Waals surface area contributed by atoms with Crippen LogP contribution in [0.2, 0.25) is 5.02 Å². The molecule has 4 nitrogen and oxygen atoms in total. The minimum Gasteiger partial charge on any atom is -0.341 e. The molecule has 1 aromatic heterocycles. The van der Waals surface area contributed by atoms with Crippen molar-refractivity contribution in [3.05, 3.63) is 40.4 Å². The number of aromatic nitrogens is 1. The van der Waals surface area contributed by atoms with E-state index in [2.05, 4.69) is 4.98 Å². The summed E-state index contributed by atoms with van der Waals surface area (Å²) < 4.78 is 0. The number of thiazole rings is 1. The second-order valence-corrected chi connectivity index (χ2v) is 6.45. The van der Waals surface area contributed by atoms with Crippen LogP contribution < -0.4 is 5.73 Å². The molecule has 0 aliphatic carbocycles. The number of nitrogens with zero attached hydrogens (tertiary/aromatic N) is 2. The van der Waals surface area contributed by atoms with Crippen molar-refractivity contribution in [2.24, 2.45) is 5.73 Å². The highest BCUT2D eigenvalue weighted by Gasteiger charge is 2.24. The highest BCUT2D eigenvalue weighted by Crippen LogP contribution is 2.30. The second-order valence-electron chi connectivity index (χ2n) is 5.19. The van der Waals surface area contributed by atoms with Crippen LogP contribution in [0.4, 0.5) is 0 Å². The number of carbonyl (C=O) groups excluding carboxylic acids is 1. The van der Waals surface area contributed by atoms with Crippen molar-refractivity contribution in [1.82, 2.24) is 9.88 Å². The van der Waals surface area contributed by atoms with E-state index in [0.717, 1.165) is 29.2 Å². The van der Waals surface area contributed by atoms with Crippen molar-refractivity contribution in [2.45, 2.75) is 18.9 Å². The van der Waals surface area contributed by atoms with E-state index in [0.29, 0.717) is 18.0 Å². The molecule has 23 heavy (non-hydrogen) atoms. The van der Waals surface area contributed by atoms with Crippen molar-refractivity contribution in [1.29, 1.82) is 0 Å². The fourth-order valence-corrected chi connectivity index (χ4v) is 3.57. The van der Waals surface area contributed by atoms with E-state index in [1.54, 1.807) is 0 Å². The Morgan fingerprint density at radius 3 is 2.78 bits per heavy atom. The molecule has 8 heteroatoms. The number of amides is 1. The van der Waals surface area contributed by atoms with Gasteiger partial charge in [-0.2, -0.15) is 0 Å². The summed E-state index contributed by atoms with van der Waals surface area (Å²) in [5.74, 6) is 0.0963. The Morgan fingerprint density at radius 2 is 2.13 bits per heavy atom. The quantitative estimate of drug-likeness (QED) is 0.868. The molecule has 0 unspecified atom stereocenters. The molecule has 0 radical (unpaired) electrons. The first-order chi connectivity index (χ1) is 10.1. The highest BCUT2D eigenvalue weighted by molar-refractivity contribution is 7.13. The summed E-state index contributed by atoms with van der Waals surface area (Å²) in [6, 6.07) is 7.71. The first-order valence-electron chi connectivity index (χ1n) is 6.86. The van der Waals surface area contributed by atoms with Crippen molar-refractivity contribution < 1.29 is 4.79 Å². The molecule has 2 aromatic rings. The fourth-order valence-electron chi connectivity index (χ4n) is 2.43. The molecule has 2 heterocycles. The summed E-state index contributed by atoms with van der Waals surface area (Å²) >= 11 is 7.68. The molecule has 0 spiro atoms. The Balaban J connectivity index is 0.00000132. The molecule has 1 aliphatic heterocycles. The SMILES string of the molecule is Cl.Cl.N[C@@H]1CCN(C(=O)Cc2csc(-c3ccccc3Cl)n2)C1. The summed E-state index contributed by atoms with van der Waals surface area (Å²) in [6.45, 7) is 1.40. The van der Waals surface area contributed by atoms with E-state index in [9.17, 15) is 4.79 Å². The van der Waals surface area contributed by atoms with E-state index in [-0.39, 0.29) is 36.8 Å². The van der Waals surface area contributed by atoms with Gasteiger partial charge >= 0.3 is 0 Å². The van der Waals surface area contributed by atoms with E-state index < -0.39 is 0 Å². The van der Waals surface area contributed by atoms with Gasteiger partial charge < -0.3 is 10.6 Å². The van der Waals surface area contributed by atoms with Gasteiger partial charge in [0.25, 0.3) is 0 Å². The zero-order valence-electron chi connectivity index (χ0n) is 12.3. The standard InChI is InChI=1S/C15H16ClN3OS.2ClH/c16-13-4-2-1-3-12(13)15-18-11(9-21-15)7-14(20)19-6-5-10(17)8-19;;/h1-4,9-10H,5-8,17H2;2*1H/t10-;;/m1../s1. The molecular weight excluding hydrogens is 377 g/mol. The molecule has 1 fully saturated rings. The number of halogens is 3. The Kier molecular flexibility index (Phi) is 7.77. The molecular formula is C15H18Cl3N3OS. The maximum atomic E-state index is 12.2. The highest BCUT2D eigenvalue weighted by atomic mass is 35.5. The Morgan fingerprint density at radius 1 is 1.39 bits per heavy atom. The van der Waals surface area contributed by atoms with Crippen molar-refractivity contribution in [3.63, 3.8) is 0 Å². The smallest absolute Gasteiger partial charge is 0.228 e. The molecule has 1 saturated heterocycles. The number of carbonyl (C=O) groups is 1. The van der Waals surface area contributed by atoms with Gasteiger partial charge in [0.05, 0.1) is 17.1 Å². The van der Waals surface area contributed by atoms with Crippen molar-refractivity contribution >= 4 is 53.7 Å². The van der Waals surface area contributed by atoms with Crippen LogP contribution >= 0.6 is 47.8 Å². The number of hydrogen-bond acceptors (Lipinski definition) is 4. The average molecular weight is 395 g/mol. The largest absolute Gasteiger partial charge is 0.341 e. The van der Waals surface area contributed by atoms with Crippen molar-refractivity contribution in [3.8, 4) is 10.6 Å². The maximum Gasteiger partial charge on any atom is 0.228 e. The fraction of sp³-hybridized carbons (Fsp3) is 0.333. The van der Waals surface area contributed by atoms with Crippen LogP contribution in [0.15, 0.2) is 29.6 Å². The number of hydrogen-bond donors (Lipinski definition) is 1. The molecule has 1 aromatic carbocycles. The molecule has 1 atom stereocenters. The van der Waals surface area contributed by atoms with Gasteiger partial charge in [0, 0.05) is 30.1 Å². The zero-order chi connectivity index (χ0) is 14.8. The molecule has 126 valence electrons. The van der Waals surface area contributed by atoms with Crippen LogP contribution in [-0.2, 0) is 11.2 Å². The van der Waals surface area contributed by atoms with Crippen LogP contribution in [0.5, 0.6) is 0 Å². The lowest BCUT2D eigenvalue weighted by Gasteiger charge is -2.14. The third-order valence-corrected chi connectivity index (χ3v) is 4.82. The third-order valence-electron chi connectivity index (χ3n) is 3.57. The number of rotatable bonds is 3. The summed E-state index contributed by atoms with van der Waals surface area (Å²) in [5, 5.41) is 3.45. The minimum atomic E-state index is 0. The normalized spacial score (nSPS) is 16.6. The number of benzene rings is 1. The molecule has 0 bridgehead atoms. The molecule has 1 aliphatic rings. The summed E-state index contributed by atoms with van der Waals surface area (Å²) in [4.78, 5) is 18.5. The van der Waals surface area contributed by atoms with Crippen LogP contribution in [0, 0.1) is 0 Å². The van der Waals surface area contributed by atoms with Gasteiger partial charge in [0.2, 0.25) is 5.91 Å². The van der Waals surface area contributed by atoms with Gasteiger partial charge in [-0.05, 0) is 12.5 Å². The lowest BCUT2D eigenvalue weighted by atomic mass is 10.2. The van der Waals surface area contributed by atoms with Crippen LogP contribution in [0.1, 0.15) is 12.1 Å². The van der Waals surface area contributed by atoms with Gasteiger partial charge in [-0.3, -0.25) is 4.79 Å². The number of nitrogens with two attached hydrogens (primary N) is 1. The third kappa shape index (κ3) is 4.81. The Bertz CT molecular complexity index is 665. The van der Waals surface area contributed by atoms with Gasteiger partial charge in [0.15, 0.2) is 0 Å². The van der Waals surface area contributed by atoms with Gasteiger partial charge in [-0.25, -0.2) is 4.98 Å². The summed E-state index contributed by atoms with van der Waals surface area (Å²) in [5.41, 5.74) is 7.53. The molecule has 1 amide bonds. The topological polar surface area (TPSA) is 59.2 Å². The van der Waals surface area contributed by atoms with Crippen LogP contribution in [-0.4, -0.2) is 34.9 Å². The number of likely N-dealkylation sites (tertiary alicyclic amines) is 1. The van der Waals surface area contributed by atoms with E-state index in [4.69, 9.17) is 17.3 Å². The first-order valence-corrected chi connectivity index (χ1v) is 8.12. The van der Waals surface area contributed by atoms with E-state index >= 15 is 0 Å². The second kappa shape index (κ2) is 8.85.